The van der Waals surface area contributed by atoms with Crippen LogP contribution in [0.15, 0.2) is 0 Å². The Morgan fingerprint density at radius 2 is 2.00 bits per heavy atom. The summed E-state index contributed by atoms with van der Waals surface area (Å²) in [5.41, 5.74) is -1.20. The molecule has 1 heterocycles. The summed E-state index contributed by atoms with van der Waals surface area (Å²) in [6, 6.07) is 0. The number of hydrogen-bond acceptors (Lipinski definition) is 2. The fraction of sp³-hybridized carbons (Fsp3) is 0.875. The maximum absolute atomic E-state index is 12.1. The number of alkyl halides is 2. The van der Waals surface area contributed by atoms with Gasteiger partial charge in [0.05, 0.1) is 5.41 Å². The van der Waals surface area contributed by atoms with E-state index in [1.807, 2.05) is 0 Å². The van der Waals surface area contributed by atoms with Gasteiger partial charge in [0.15, 0.2) is 0 Å². The van der Waals surface area contributed by atoms with Crippen LogP contribution in [0.5, 0.6) is 0 Å². The molecule has 0 aromatic carbocycles. The summed E-state index contributed by atoms with van der Waals surface area (Å²) < 4.78 is 24.3. The smallest absolute Gasteiger partial charge is 0.309 e. The van der Waals surface area contributed by atoms with E-state index in [2.05, 4.69) is 5.32 Å². The van der Waals surface area contributed by atoms with Crippen LogP contribution < -0.4 is 5.32 Å². The summed E-state index contributed by atoms with van der Waals surface area (Å²) in [5.74, 6) is -1.09. The van der Waals surface area contributed by atoms with Crippen LogP contribution in [0.3, 0.4) is 0 Å². The first-order valence-electron chi connectivity index (χ1n) is 4.29. The highest BCUT2D eigenvalue weighted by molar-refractivity contribution is 5.74. The van der Waals surface area contributed by atoms with Gasteiger partial charge in [-0.05, 0) is 25.9 Å². The minimum absolute atomic E-state index is 0.298. The summed E-state index contributed by atoms with van der Waals surface area (Å²) in [7, 11) is 0. The van der Waals surface area contributed by atoms with Crippen LogP contribution >= 0.6 is 0 Å². The third kappa shape index (κ3) is 2.37. The predicted molar refractivity (Wildman–Crippen MR) is 42.8 cm³/mol. The average molecular weight is 193 g/mol. The van der Waals surface area contributed by atoms with E-state index in [1.165, 1.54) is 0 Å². The molecule has 0 atom stereocenters. The maximum Gasteiger partial charge on any atom is 0.309 e. The molecule has 2 N–H and O–H groups in total. The standard InChI is InChI=1S/C8H13F2NO2/c9-6(10)5-8(7(12)13)1-3-11-4-2-8/h6,11H,1-5H2,(H,12,13). The molecule has 0 aliphatic carbocycles. The van der Waals surface area contributed by atoms with Gasteiger partial charge in [-0.1, -0.05) is 0 Å². The molecular weight excluding hydrogens is 180 g/mol. The van der Waals surface area contributed by atoms with Gasteiger partial charge in [-0.25, -0.2) is 8.78 Å². The first-order valence-corrected chi connectivity index (χ1v) is 4.29. The molecule has 1 rings (SSSR count). The second kappa shape index (κ2) is 4.00. The number of carboxylic acids is 1. The van der Waals surface area contributed by atoms with Crippen molar-refractivity contribution in [2.24, 2.45) is 5.41 Å². The Labute approximate surface area is 75.1 Å². The number of halogens is 2. The lowest BCUT2D eigenvalue weighted by Gasteiger charge is -2.33. The summed E-state index contributed by atoms with van der Waals surface area (Å²) in [6.45, 7) is 1.03. The molecule has 5 heteroatoms. The van der Waals surface area contributed by atoms with E-state index in [0.717, 1.165) is 0 Å². The van der Waals surface area contributed by atoms with Crippen LogP contribution in [0.2, 0.25) is 0 Å². The first kappa shape index (κ1) is 10.4. The van der Waals surface area contributed by atoms with Crippen molar-refractivity contribution in [1.29, 1.82) is 0 Å². The Balaban J connectivity index is 2.67. The molecule has 0 aromatic rings. The summed E-state index contributed by atoms with van der Waals surface area (Å²) in [5, 5.41) is 11.8. The molecule has 3 nitrogen and oxygen atoms in total. The molecule has 76 valence electrons. The number of aliphatic carboxylic acids is 1. The van der Waals surface area contributed by atoms with E-state index in [1.54, 1.807) is 0 Å². The largest absolute Gasteiger partial charge is 0.481 e. The average Bonchev–Trinajstić information content (AvgIpc) is 2.04. The van der Waals surface area contributed by atoms with Crippen molar-refractivity contribution in [3.05, 3.63) is 0 Å². The van der Waals surface area contributed by atoms with Gasteiger partial charge in [-0.15, -0.1) is 0 Å². The van der Waals surface area contributed by atoms with Gasteiger partial charge in [0.1, 0.15) is 0 Å². The molecule has 0 radical (unpaired) electrons. The van der Waals surface area contributed by atoms with Gasteiger partial charge in [0, 0.05) is 6.42 Å². The third-order valence-electron chi connectivity index (χ3n) is 2.56. The van der Waals surface area contributed by atoms with Crippen LogP contribution in [-0.2, 0) is 4.79 Å². The molecule has 1 saturated heterocycles. The molecule has 0 aromatic heterocycles. The van der Waals surface area contributed by atoms with E-state index in [-0.39, 0.29) is 0 Å². The first-order chi connectivity index (χ1) is 6.07. The van der Waals surface area contributed by atoms with E-state index in [4.69, 9.17) is 5.11 Å². The highest BCUT2D eigenvalue weighted by Gasteiger charge is 2.41. The second-order valence-electron chi connectivity index (χ2n) is 3.43. The fourth-order valence-corrected chi connectivity index (χ4v) is 1.71. The van der Waals surface area contributed by atoms with Crippen molar-refractivity contribution in [1.82, 2.24) is 5.32 Å². The van der Waals surface area contributed by atoms with Crippen molar-refractivity contribution in [3.63, 3.8) is 0 Å². The molecule has 0 amide bonds. The zero-order chi connectivity index (χ0) is 9.90. The van der Waals surface area contributed by atoms with Crippen LogP contribution in [-0.4, -0.2) is 30.6 Å². The SMILES string of the molecule is O=C(O)C1(CC(F)F)CCNCC1. The minimum atomic E-state index is -2.53. The minimum Gasteiger partial charge on any atom is -0.481 e. The van der Waals surface area contributed by atoms with E-state index >= 15 is 0 Å². The quantitative estimate of drug-likeness (QED) is 0.705. The monoisotopic (exact) mass is 193 g/mol. The Hall–Kier alpha value is -0.710. The van der Waals surface area contributed by atoms with E-state index in [9.17, 15) is 13.6 Å². The highest BCUT2D eigenvalue weighted by Crippen LogP contribution is 2.35. The molecule has 0 bridgehead atoms. The maximum atomic E-state index is 12.1. The lowest BCUT2D eigenvalue weighted by Crippen LogP contribution is -2.43. The molecular formula is C8H13F2NO2. The molecule has 0 unspecified atom stereocenters. The molecule has 13 heavy (non-hydrogen) atoms. The van der Waals surface area contributed by atoms with Gasteiger partial charge in [0.25, 0.3) is 0 Å². The third-order valence-corrected chi connectivity index (χ3v) is 2.56. The van der Waals surface area contributed by atoms with Crippen LogP contribution in [0, 0.1) is 5.41 Å². The number of hydrogen-bond donors (Lipinski definition) is 2. The van der Waals surface area contributed by atoms with Gasteiger partial charge in [0.2, 0.25) is 6.43 Å². The highest BCUT2D eigenvalue weighted by atomic mass is 19.3. The zero-order valence-corrected chi connectivity index (χ0v) is 7.22. The number of piperidine rings is 1. The van der Waals surface area contributed by atoms with Crippen LogP contribution in [0.25, 0.3) is 0 Å². The Morgan fingerprint density at radius 1 is 1.46 bits per heavy atom. The Morgan fingerprint density at radius 3 is 2.38 bits per heavy atom. The molecule has 1 aliphatic rings. The molecule has 1 fully saturated rings. The predicted octanol–water partition coefficient (Wildman–Crippen LogP) is 1.10. The topological polar surface area (TPSA) is 49.3 Å². The molecule has 0 spiro atoms. The van der Waals surface area contributed by atoms with Gasteiger partial charge >= 0.3 is 5.97 Å². The number of carbonyl (C=O) groups is 1. The normalized spacial score (nSPS) is 21.8. The van der Waals surface area contributed by atoms with Crippen molar-refractivity contribution in [2.75, 3.05) is 13.1 Å². The van der Waals surface area contributed by atoms with Crippen LogP contribution in [0.4, 0.5) is 8.78 Å². The van der Waals surface area contributed by atoms with Crippen molar-refractivity contribution in [3.8, 4) is 0 Å². The summed E-state index contributed by atoms with van der Waals surface area (Å²) >= 11 is 0. The van der Waals surface area contributed by atoms with Crippen molar-refractivity contribution < 1.29 is 18.7 Å². The number of nitrogens with one attached hydrogen (secondary N) is 1. The molecule has 0 saturated carbocycles. The number of rotatable bonds is 3. The Kier molecular flexibility index (Phi) is 3.19. The van der Waals surface area contributed by atoms with Crippen molar-refractivity contribution in [2.45, 2.75) is 25.7 Å². The lowest BCUT2D eigenvalue weighted by atomic mass is 9.76. The summed E-state index contributed by atoms with van der Waals surface area (Å²) in [4.78, 5) is 10.9. The lowest BCUT2D eigenvalue weighted by molar-refractivity contribution is -0.153. The van der Waals surface area contributed by atoms with Gasteiger partial charge < -0.3 is 10.4 Å². The van der Waals surface area contributed by atoms with Gasteiger partial charge in [-0.3, -0.25) is 4.79 Å². The Bertz CT molecular complexity index is 191. The van der Waals surface area contributed by atoms with Crippen LogP contribution in [0.1, 0.15) is 19.3 Å². The van der Waals surface area contributed by atoms with Gasteiger partial charge in [-0.2, -0.15) is 0 Å². The zero-order valence-electron chi connectivity index (χ0n) is 7.22. The van der Waals surface area contributed by atoms with E-state index < -0.39 is 24.2 Å². The summed E-state index contributed by atoms with van der Waals surface area (Å²) in [6.07, 6.45) is -2.46. The fourth-order valence-electron chi connectivity index (χ4n) is 1.71. The number of carboxylic acid groups (broad SMARTS) is 1. The van der Waals surface area contributed by atoms with Crippen molar-refractivity contribution >= 4 is 5.97 Å². The van der Waals surface area contributed by atoms with E-state index in [0.29, 0.717) is 25.9 Å². The molecule has 1 aliphatic heterocycles. The second-order valence-corrected chi connectivity index (χ2v) is 3.43.